The van der Waals surface area contributed by atoms with Gasteiger partial charge in [-0.05, 0) is 32.7 Å². The zero-order valence-corrected chi connectivity index (χ0v) is 10.8. The Kier molecular flexibility index (Phi) is 3.98. The van der Waals surface area contributed by atoms with Crippen molar-refractivity contribution < 1.29 is 9.32 Å². The Morgan fingerprint density at radius 2 is 2.50 bits per heavy atom. The number of nitrogens with zero attached hydrogens (tertiary/aromatic N) is 2. The molecular weight excluding hydrogens is 232 g/mol. The molecule has 0 bridgehead atoms. The lowest BCUT2D eigenvalue weighted by Gasteiger charge is -2.19. The van der Waals surface area contributed by atoms with Gasteiger partial charge in [0.05, 0.1) is 12.2 Å². The standard InChI is InChI=1S/C12H20N4O2/c1-8-3-12(18-15-8)14-11(17)7-16-6-10(5-13)4-9(16)2/h3,9-10H,4-7,13H2,1-2H3,(H,14,17). The Bertz CT molecular complexity index is 418. The van der Waals surface area contributed by atoms with Crippen molar-refractivity contribution in [2.24, 2.45) is 11.7 Å². The van der Waals surface area contributed by atoms with Crippen molar-refractivity contribution in [2.45, 2.75) is 26.3 Å². The van der Waals surface area contributed by atoms with Crippen molar-refractivity contribution >= 4 is 11.8 Å². The number of aryl methyl sites for hydroxylation is 1. The summed E-state index contributed by atoms with van der Waals surface area (Å²) in [7, 11) is 0. The van der Waals surface area contributed by atoms with E-state index < -0.39 is 0 Å². The van der Waals surface area contributed by atoms with Crippen LogP contribution in [0, 0.1) is 12.8 Å². The van der Waals surface area contributed by atoms with Gasteiger partial charge < -0.3 is 10.3 Å². The average Bonchev–Trinajstić information content (AvgIpc) is 2.86. The Labute approximate surface area is 106 Å². The molecule has 6 nitrogen and oxygen atoms in total. The zero-order chi connectivity index (χ0) is 13.1. The van der Waals surface area contributed by atoms with Gasteiger partial charge in [0, 0.05) is 18.7 Å². The first-order chi connectivity index (χ1) is 8.58. The minimum Gasteiger partial charge on any atom is -0.338 e. The molecule has 2 unspecified atom stereocenters. The molecule has 2 heterocycles. The molecule has 0 aliphatic carbocycles. The van der Waals surface area contributed by atoms with E-state index in [1.54, 1.807) is 6.07 Å². The molecule has 0 aromatic carbocycles. The fourth-order valence-corrected chi connectivity index (χ4v) is 2.39. The maximum Gasteiger partial charge on any atom is 0.240 e. The first kappa shape index (κ1) is 13.0. The van der Waals surface area contributed by atoms with Crippen molar-refractivity contribution in [2.75, 3.05) is 25.0 Å². The number of carbonyl (C=O) groups is 1. The number of amides is 1. The number of hydrogen-bond acceptors (Lipinski definition) is 5. The highest BCUT2D eigenvalue weighted by molar-refractivity contribution is 5.91. The highest BCUT2D eigenvalue weighted by Gasteiger charge is 2.29. The molecule has 1 fully saturated rings. The highest BCUT2D eigenvalue weighted by atomic mass is 16.5. The highest BCUT2D eigenvalue weighted by Crippen LogP contribution is 2.21. The molecule has 1 aromatic rings. The van der Waals surface area contributed by atoms with E-state index in [1.165, 1.54) is 0 Å². The summed E-state index contributed by atoms with van der Waals surface area (Å²) in [5.74, 6) is 0.829. The molecule has 0 radical (unpaired) electrons. The van der Waals surface area contributed by atoms with Crippen LogP contribution < -0.4 is 11.1 Å². The Balaban J connectivity index is 1.84. The summed E-state index contributed by atoms with van der Waals surface area (Å²) in [6.07, 6.45) is 1.06. The van der Waals surface area contributed by atoms with Gasteiger partial charge in [0.2, 0.25) is 11.8 Å². The number of carbonyl (C=O) groups excluding carboxylic acids is 1. The van der Waals surface area contributed by atoms with E-state index in [-0.39, 0.29) is 5.91 Å². The van der Waals surface area contributed by atoms with Crippen LogP contribution in [0.4, 0.5) is 5.88 Å². The minimum absolute atomic E-state index is 0.0735. The van der Waals surface area contributed by atoms with Crippen LogP contribution in [0.1, 0.15) is 19.0 Å². The summed E-state index contributed by atoms with van der Waals surface area (Å²) in [4.78, 5) is 14.0. The van der Waals surface area contributed by atoms with Crippen LogP contribution in [0.2, 0.25) is 0 Å². The van der Waals surface area contributed by atoms with Crippen LogP contribution in [0.25, 0.3) is 0 Å². The fourth-order valence-electron chi connectivity index (χ4n) is 2.39. The van der Waals surface area contributed by atoms with E-state index in [4.69, 9.17) is 10.3 Å². The molecule has 0 spiro atoms. The molecule has 1 aromatic heterocycles. The maximum atomic E-state index is 11.8. The normalized spacial score (nSPS) is 24.4. The van der Waals surface area contributed by atoms with E-state index in [0.717, 1.165) is 18.7 Å². The number of hydrogen-bond donors (Lipinski definition) is 2. The first-order valence-corrected chi connectivity index (χ1v) is 6.25. The van der Waals surface area contributed by atoms with Gasteiger partial charge in [0.1, 0.15) is 0 Å². The van der Waals surface area contributed by atoms with Crippen LogP contribution in [-0.4, -0.2) is 41.6 Å². The van der Waals surface area contributed by atoms with Crippen LogP contribution in [-0.2, 0) is 4.79 Å². The van der Waals surface area contributed by atoms with Gasteiger partial charge in [0.15, 0.2) is 0 Å². The molecule has 6 heteroatoms. The van der Waals surface area contributed by atoms with Gasteiger partial charge in [-0.1, -0.05) is 5.16 Å². The SMILES string of the molecule is Cc1cc(NC(=O)CN2CC(CN)CC2C)on1. The Hall–Kier alpha value is -1.40. The van der Waals surface area contributed by atoms with E-state index >= 15 is 0 Å². The molecule has 2 rings (SSSR count). The van der Waals surface area contributed by atoms with E-state index in [9.17, 15) is 4.79 Å². The quantitative estimate of drug-likeness (QED) is 0.819. The van der Waals surface area contributed by atoms with Crippen molar-refractivity contribution in [1.29, 1.82) is 0 Å². The second kappa shape index (κ2) is 5.49. The lowest BCUT2D eigenvalue weighted by Crippen LogP contribution is -2.35. The number of likely N-dealkylation sites (tertiary alicyclic amines) is 1. The average molecular weight is 252 g/mol. The van der Waals surface area contributed by atoms with Crippen molar-refractivity contribution in [3.8, 4) is 0 Å². The third kappa shape index (κ3) is 3.08. The lowest BCUT2D eigenvalue weighted by molar-refractivity contribution is -0.117. The third-order valence-corrected chi connectivity index (χ3v) is 3.36. The molecule has 1 aliphatic heterocycles. The summed E-state index contributed by atoms with van der Waals surface area (Å²) < 4.78 is 4.95. The second-order valence-corrected chi connectivity index (χ2v) is 5.00. The predicted molar refractivity (Wildman–Crippen MR) is 68.1 cm³/mol. The van der Waals surface area contributed by atoms with Gasteiger partial charge in [-0.3, -0.25) is 15.0 Å². The second-order valence-electron chi connectivity index (χ2n) is 5.00. The number of nitrogens with one attached hydrogen (secondary N) is 1. The van der Waals surface area contributed by atoms with Crippen molar-refractivity contribution in [3.63, 3.8) is 0 Å². The number of nitrogens with two attached hydrogens (primary N) is 1. The van der Waals surface area contributed by atoms with Crippen LogP contribution in [0.5, 0.6) is 0 Å². The maximum absolute atomic E-state index is 11.8. The first-order valence-electron chi connectivity index (χ1n) is 6.25. The topological polar surface area (TPSA) is 84.4 Å². The molecule has 1 aliphatic rings. The van der Waals surface area contributed by atoms with E-state index in [0.29, 0.717) is 30.9 Å². The number of anilines is 1. The van der Waals surface area contributed by atoms with Crippen molar-refractivity contribution in [3.05, 3.63) is 11.8 Å². The lowest BCUT2D eigenvalue weighted by atomic mass is 10.1. The molecular formula is C12H20N4O2. The molecule has 100 valence electrons. The monoisotopic (exact) mass is 252 g/mol. The fraction of sp³-hybridized carbons (Fsp3) is 0.667. The minimum atomic E-state index is -0.0735. The molecule has 2 atom stereocenters. The Morgan fingerprint density at radius 1 is 1.72 bits per heavy atom. The summed E-state index contributed by atoms with van der Waals surface area (Å²) in [5.41, 5.74) is 6.42. The molecule has 1 amide bonds. The third-order valence-electron chi connectivity index (χ3n) is 3.36. The number of aromatic nitrogens is 1. The van der Waals surface area contributed by atoms with Gasteiger partial charge in [-0.2, -0.15) is 0 Å². The number of rotatable bonds is 4. The van der Waals surface area contributed by atoms with Gasteiger partial charge in [0.25, 0.3) is 0 Å². The molecule has 3 N–H and O–H groups in total. The predicted octanol–water partition coefficient (Wildman–Crippen LogP) is 0.591. The van der Waals surface area contributed by atoms with Crippen LogP contribution >= 0.6 is 0 Å². The smallest absolute Gasteiger partial charge is 0.240 e. The van der Waals surface area contributed by atoms with Crippen molar-refractivity contribution in [1.82, 2.24) is 10.1 Å². The largest absolute Gasteiger partial charge is 0.338 e. The van der Waals surface area contributed by atoms with Crippen LogP contribution in [0.3, 0.4) is 0 Å². The van der Waals surface area contributed by atoms with E-state index in [2.05, 4.69) is 22.3 Å². The summed E-state index contributed by atoms with van der Waals surface area (Å²) >= 11 is 0. The van der Waals surface area contributed by atoms with Gasteiger partial charge in [-0.15, -0.1) is 0 Å². The molecule has 0 saturated carbocycles. The zero-order valence-electron chi connectivity index (χ0n) is 10.8. The summed E-state index contributed by atoms with van der Waals surface area (Å²) in [6.45, 7) is 5.89. The van der Waals surface area contributed by atoms with Crippen LogP contribution in [0.15, 0.2) is 10.6 Å². The Morgan fingerprint density at radius 3 is 3.06 bits per heavy atom. The van der Waals surface area contributed by atoms with E-state index in [1.807, 2.05) is 6.92 Å². The van der Waals surface area contributed by atoms with Gasteiger partial charge >= 0.3 is 0 Å². The summed E-state index contributed by atoms with van der Waals surface area (Å²) in [6, 6.07) is 2.11. The van der Waals surface area contributed by atoms with Gasteiger partial charge in [-0.25, -0.2) is 0 Å². The molecule has 18 heavy (non-hydrogen) atoms. The molecule has 1 saturated heterocycles. The summed E-state index contributed by atoms with van der Waals surface area (Å²) in [5, 5.41) is 6.42.